The van der Waals surface area contributed by atoms with Crippen LogP contribution in [-0.2, 0) is 0 Å². The number of nitrogens with zero attached hydrogens (tertiary/aromatic N) is 5. The number of pyridine rings is 2. The molecule has 0 spiro atoms. The molecule has 3 heterocycles. The van der Waals surface area contributed by atoms with E-state index in [-0.39, 0.29) is 0 Å². The first-order valence-corrected chi connectivity index (χ1v) is 12.3. The monoisotopic (exact) mass is 520 g/mol. The number of hydrogen-bond acceptors (Lipinski definition) is 9. The number of piperazine rings is 1. The highest BCUT2D eigenvalue weighted by molar-refractivity contribution is 6.33. The van der Waals surface area contributed by atoms with E-state index in [0.29, 0.717) is 63.5 Å². The van der Waals surface area contributed by atoms with Crippen LogP contribution in [0.15, 0.2) is 30.5 Å². The number of ether oxygens (including phenoxy) is 3. The molecule has 1 aliphatic rings. The van der Waals surface area contributed by atoms with Crippen molar-refractivity contribution >= 4 is 34.0 Å². The summed E-state index contributed by atoms with van der Waals surface area (Å²) < 4.78 is 16.9. The van der Waals surface area contributed by atoms with E-state index in [1.807, 2.05) is 6.07 Å². The molecule has 0 bridgehead atoms. The van der Waals surface area contributed by atoms with E-state index in [9.17, 15) is 5.26 Å². The molecule has 37 heavy (non-hydrogen) atoms. The minimum atomic E-state index is 0.339. The Morgan fingerprint density at radius 2 is 1.89 bits per heavy atom. The molecule has 0 saturated carbocycles. The molecule has 0 amide bonds. The maximum absolute atomic E-state index is 9.72. The summed E-state index contributed by atoms with van der Waals surface area (Å²) in [5, 5.41) is 14.0. The highest BCUT2D eigenvalue weighted by Gasteiger charge is 2.18. The number of benzene rings is 1. The average molecular weight is 521 g/mol. The van der Waals surface area contributed by atoms with Gasteiger partial charge in [-0.25, -0.2) is 0 Å². The third-order valence-corrected chi connectivity index (χ3v) is 6.51. The van der Waals surface area contributed by atoms with Gasteiger partial charge in [-0.05, 0) is 18.6 Å². The zero-order valence-corrected chi connectivity index (χ0v) is 21.7. The molecule has 1 saturated heterocycles. The van der Waals surface area contributed by atoms with Gasteiger partial charge in [0.15, 0.2) is 17.3 Å². The van der Waals surface area contributed by atoms with Crippen LogP contribution in [0.2, 0.25) is 5.02 Å². The summed E-state index contributed by atoms with van der Waals surface area (Å²) in [5.74, 6) is 4.61. The van der Waals surface area contributed by atoms with E-state index in [1.165, 1.54) is 13.3 Å². The van der Waals surface area contributed by atoms with Crippen LogP contribution in [0.5, 0.6) is 17.4 Å². The average Bonchev–Trinajstić information content (AvgIpc) is 2.93. The summed E-state index contributed by atoms with van der Waals surface area (Å²) in [7, 11) is 3.11. The van der Waals surface area contributed by atoms with E-state index in [4.69, 9.17) is 32.2 Å². The second-order valence-electron chi connectivity index (χ2n) is 8.51. The molecule has 0 aliphatic carbocycles. The van der Waals surface area contributed by atoms with Crippen LogP contribution in [0.3, 0.4) is 0 Å². The van der Waals surface area contributed by atoms with Crippen LogP contribution in [0, 0.1) is 23.7 Å². The van der Waals surface area contributed by atoms with E-state index in [2.05, 4.69) is 37.1 Å². The molecule has 1 fully saturated rings. The Balaban J connectivity index is 1.49. The number of rotatable bonds is 10. The van der Waals surface area contributed by atoms with Gasteiger partial charge >= 0.3 is 0 Å². The molecule has 4 rings (SSSR count). The molecule has 1 aliphatic heterocycles. The molecule has 1 N–H and O–H groups in total. The topological polar surface area (TPSA) is 95.8 Å². The largest absolute Gasteiger partial charge is 0.493 e. The lowest BCUT2D eigenvalue weighted by Gasteiger charge is -2.33. The Hall–Kier alpha value is -3.76. The lowest BCUT2D eigenvalue weighted by molar-refractivity contribution is 0.136. The van der Waals surface area contributed by atoms with Gasteiger partial charge in [-0.15, -0.1) is 6.42 Å². The van der Waals surface area contributed by atoms with Crippen molar-refractivity contribution in [3.8, 4) is 35.8 Å². The molecule has 10 heteroatoms. The standard InChI is InChI=1S/C27H29ClN6O3/c1-4-8-33-10-12-34(13-11-33)9-5-14-37-24-16-22-20(15-23(24)35-2)26(19(17-29)18-30-22)32-27-21(28)6-7-25(31-27)36-3/h1,6-7,15-16,18H,5,8-14H2,2-3H3,(H,30,31,32). The third kappa shape index (κ3) is 6.33. The quantitative estimate of drug-likeness (QED) is 0.315. The van der Waals surface area contributed by atoms with Crippen molar-refractivity contribution in [3.63, 3.8) is 0 Å². The number of nitriles is 1. The first-order valence-electron chi connectivity index (χ1n) is 12.0. The normalized spacial score (nSPS) is 14.1. The Morgan fingerprint density at radius 3 is 2.59 bits per heavy atom. The lowest BCUT2D eigenvalue weighted by atomic mass is 10.1. The number of methoxy groups -OCH3 is 2. The fourth-order valence-electron chi connectivity index (χ4n) is 4.21. The Kier molecular flexibility index (Phi) is 8.86. The van der Waals surface area contributed by atoms with Crippen molar-refractivity contribution < 1.29 is 14.2 Å². The molecule has 1 aromatic carbocycles. The van der Waals surface area contributed by atoms with Crippen molar-refractivity contribution in [2.45, 2.75) is 6.42 Å². The Morgan fingerprint density at radius 1 is 1.11 bits per heavy atom. The number of halogens is 1. The lowest BCUT2D eigenvalue weighted by Crippen LogP contribution is -2.46. The van der Waals surface area contributed by atoms with Crippen molar-refractivity contribution in [2.75, 3.05) is 65.4 Å². The third-order valence-electron chi connectivity index (χ3n) is 6.20. The summed E-state index contributed by atoms with van der Waals surface area (Å²) >= 11 is 6.34. The summed E-state index contributed by atoms with van der Waals surface area (Å²) in [6.45, 7) is 6.20. The van der Waals surface area contributed by atoms with Crippen LogP contribution >= 0.6 is 11.6 Å². The van der Waals surface area contributed by atoms with Crippen LogP contribution < -0.4 is 19.5 Å². The first kappa shape index (κ1) is 26.3. The van der Waals surface area contributed by atoms with Gasteiger partial charge in [0.2, 0.25) is 5.88 Å². The van der Waals surface area contributed by atoms with E-state index >= 15 is 0 Å². The molecule has 0 unspecified atom stereocenters. The predicted octanol–water partition coefficient (Wildman–Crippen LogP) is 3.94. The molecular formula is C27H29ClN6O3. The van der Waals surface area contributed by atoms with Crippen LogP contribution in [-0.4, -0.2) is 79.9 Å². The number of nitrogens with one attached hydrogen (secondary N) is 1. The van der Waals surface area contributed by atoms with Crippen LogP contribution in [0.1, 0.15) is 12.0 Å². The smallest absolute Gasteiger partial charge is 0.214 e. The van der Waals surface area contributed by atoms with Gasteiger partial charge in [0.1, 0.15) is 6.07 Å². The van der Waals surface area contributed by atoms with E-state index in [0.717, 1.165) is 39.1 Å². The predicted molar refractivity (Wildman–Crippen MR) is 144 cm³/mol. The molecular weight excluding hydrogens is 492 g/mol. The number of terminal acetylenes is 1. The number of hydrogen-bond donors (Lipinski definition) is 1. The van der Waals surface area contributed by atoms with Crippen molar-refractivity contribution in [3.05, 3.63) is 41.0 Å². The maximum atomic E-state index is 9.72. The van der Waals surface area contributed by atoms with E-state index in [1.54, 1.807) is 25.3 Å². The summed E-state index contributed by atoms with van der Waals surface area (Å²) in [6.07, 6.45) is 7.80. The van der Waals surface area contributed by atoms with Crippen molar-refractivity contribution in [2.24, 2.45) is 0 Å². The minimum Gasteiger partial charge on any atom is -0.493 e. The van der Waals surface area contributed by atoms with Gasteiger partial charge in [-0.3, -0.25) is 9.88 Å². The molecule has 192 valence electrons. The maximum Gasteiger partial charge on any atom is 0.214 e. The highest BCUT2D eigenvalue weighted by Crippen LogP contribution is 2.38. The van der Waals surface area contributed by atoms with Gasteiger partial charge in [-0.1, -0.05) is 17.5 Å². The van der Waals surface area contributed by atoms with Gasteiger partial charge in [0, 0.05) is 56.4 Å². The highest BCUT2D eigenvalue weighted by atomic mass is 35.5. The molecule has 9 nitrogen and oxygen atoms in total. The zero-order valence-electron chi connectivity index (χ0n) is 21.0. The number of fused-ring (bicyclic) bond motifs is 1. The zero-order chi connectivity index (χ0) is 26.2. The van der Waals surface area contributed by atoms with Gasteiger partial charge in [0.25, 0.3) is 0 Å². The second-order valence-corrected chi connectivity index (χ2v) is 8.92. The molecule has 2 aromatic heterocycles. The first-order chi connectivity index (χ1) is 18.1. The number of aromatic nitrogens is 2. The van der Waals surface area contributed by atoms with Gasteiger partial charge < -0.3 is 24.4 Å². The fourth-order valence-corrected chi connectivity index (χ4v) is 4.36. The second kappa shape index (κ2) is 12.5. The van der Waals surface area contributed by atoms with Crippen molar-refractivity contribution in [1.82, 2.24) is 19.8 Å². The number of anilines is 2. The Labute approximate surface area is 221 Å². The van der Waals surface area contributed by atoms with Crippen molar-refractivity contribution in [1.29, 1.82) is 5.26 Å². The summed E-state index contributed by atoms with van der Waals surface area (Å²) in [6, 6.07) is 9.14. The molecule has 0 radical (unpaired) electrons. The Bertz CT molecular complexity index is 1330. The molecule has 0 atom stereocenters. The summed E-state index contributed by atoms with van der Waals surface area (Å²) in [4.78, 5) is 13.5. The fraction of sp³-hybridized carbons (Fsp3) is 0.370. The minimum absolute atomic E-state index is 0.339. The van der Waals surface area contributed by atoms with Gasteiger partial charge in [-0.2, -0.15) is 10.2 Å². The summed E-state index contributed by atoms with van der Waals surface area (Å²) in [5.41, 5.74) is 1.50. The van der Waals surface area contributed by atoms with Crippen LogP contribution in [0.4, 0.5) is 11.5 Å². The van der Waals surface area contributed by atoms with E-state index < -0.39 is 0 Å². The molecule has 3 aromatic rings. The SMILES string of the molecule is C#CCN1CCN(CCCOc2cc3ncc(C#N)c(Nc4nc(OC)ccc4Cl)c3cc2OC)CC1. The van der Waals surface area contributed by atoms with Crippen LogP contribution in [0.25, 0.3) is 10.9 Å². The van der Waals surface area contributed by atoms with Gasteiger partial charge in [0.05, 0.1) is 49.2 Å².